The molecule has 0 saturated carbocycles. The molecule has 0 aliphatic heterocycles. The molecular weight excluding hydrogens is 222 g/mol. The van der Waals surface area contributed by atoms with E-state index in [1.54, 1.807) is 19.1 Å². The lowest BCUT2D eigenvalue weighted by Crippen LogP contribution is -2.18. The van der Waals surface area contributed by atoms with Crippen LogP contribution in [0.3, 0.4) is 0 Å². The van der Waals surface area contributed by atoms with E-state index >= 15 is 0 Å². The number of hydrogen-bond donors (Lipinski definition) is 0. The largest absolute Gasteiger partial charge is 0.469 e. The van der Waals surface area contributed by atoms with Crippen LogP contribution in [0.4, 0.5) is 5.69 Å². The van der Waals surface area contributed by atoms with Crippen molar-refractivity contribution in [2.24, 2.45) is 5.92 Å². The zero-order chi connectivity index (χ0) is 13.0. The van der Waals surface area contributed by atoms with Gasteiger partial charge in [0.25, 0.3) is 5.69 Å². The Hall–Kier alpha value is -1.91. The molecule has 0 radical (unpaired) electrons. The molecule has 17 heavy (non-hydrogen) atoms. The quantitative estimate of drug-likeness (QED) is 0.458. The Bertz CT molecular complexity index is 413. The van der Waals surface area contributed by atoms with Gasteiger partial charge in [-0.25, -0.2) is 0 Å². The normalized spacial score (nSPS) is 13.8. The van der Waals surface area contributed by atoms with Gasteiger partial charge in [-0.15, -0.1) is 0 Å². The molecule has 2 unspecified atom stereocenters. The van der Waals surface area contributed by atoms with Gasteiger partial charge in [0.05, 0.1) is 18.0 Å². The van der Waals surface area contributed by atoms with E-state index < -0.39 is 4.92 Å². The summed E-state index contributed by atoms with van der Waals surface area (Å²) in [6.45, 7) is 3.67. The highest BCUT2D eigenvalue weighted by Gasteiger charge is 2.22. The van der Waals surface area contributed by atoms with Crippen molar-refractivity contribution < 1.29 is 14.5 Å². The molecule has 1 aromatic rings. The Morgan fingerprint density at radius 2 is 1.82 bits per heavy atom. The zero-order valence-corrected chi connectivity index (χ0v) is 10.0. The predicted molar refractivity (Wildman–Crippen MR) is 62.7 cm³/mol. The van der Waals surface area contributed by atoms with Crippen molar-refractivity contribution in [2.75, 3.05) is 7.11 Å². The number of nitro benzene ring substituents is 1. The number of rotatable bonds is 4. The first kappa shape index (κ1) is 13.2. The molecule has 0 spiro atoms. The average molecular weight is 237 g/mol. The SMILES string of the molecule is COC(=O)C(C)C(C)c1ccc([N+](=O)[O-])cc1. The molecule has 0 amide bonds. The smallest absolute Gasteiger partial charge is 0.308 e. The second-order valence-corrected chi connectivity index (χ2v) is 3.95. The highest BCUT2D eigenvalue weighted by Crippen LogP contribution is 2.26. The van der Waals surface area contributed by atoms with E-state index in [4.69, 9.17) is 0 Å². The van der Waals surface area contributed by atoms with E-state index in [9.17, 15) is 14.9 Å². The minimum absolute atomic E-state index is 0.0387. The maximum atomic E-state index is 11.4. The fraction of sp³-hybridized carbons (Fsp3) is 0.417. The summed E-state index contributed by atoms with van der Waals surface area (Å²) >= 11 is 0. The Labute approximate surface area is 99.5 Å². The van der Waals surface area contributed by atoms with Gasteiger partial charge in [-0.05, 0) is 11.5 Å². The van der Waals surface area contributed by atoms with Crippen molar-refractivity contribution in [1.82, 2.24) is 0 Å². The molecule has 0 N–H and O–H groups in total. The number of methoxy groups -OCH3 is 1. The Morgan fingerprint density at radius 1 is 1.29 bits per heavy atom. The van der Waals surface area contributed by atoms with E-state index in [1.807, 2.05) is 6.92 Å². The molecule has 1 aromatic carbocycles. The lowest BCUT2D eigenvalue weighted by atomic mass is 9.89. The number of carbonyl (C=O) groups excluding carboxylic acids is 1. The monoisotopic (exact) mass is 237 g/mol. The van der Waals surface area contributed by atoms with Crippen LogP contribution in [-0.4, -0.2) is 18.0 Å². The summed E-state index contributed by atoms with van der Waals surface area (Å²) in [6.07, 6.45) is 0. The molecule has 0 bridgehead atoms. The van der Waals surface area contributed by atoms with Crippen molar-refractivity contribution >= 4 is 11.7 Å². The van der Waals surface area contributed by atoms with Gasteiger partial charge in [-0.1, -0.05) is 26.0 Å². The molecule has 0 fully saturated rings. The summed E-state index contributed by atoms with van der Waals surface area (Å²) in [5, 5.41) is 10.5. The van der Waals surface area contributed by atoms with Crippen molar-refractivity contribution in [3.8, 4) is 0 Å². The first-order chi connectivity index (χ1) is 7.97. The summed E-state index contributed by atoms with van der Waals surface area (Å²) < 4.78 is 4.67. The Morgan fingerprint density at radius 3 is 2.24 bits per heavy atom. The van der Waals surface area contributed by atoms with E-state index in [-0.39, 0.29) is 23.5 Å². The molecule has 5 heteroatoms. The molecule has 92 valence electrons. The third-order valence-electron chi connectivity index (χ3n) is 2.95. The van der Waals surface area contributed by atoms with E-state index in [2.05, 4.69) is 4.74 Å². The molecule has 1 rings (SSSR count). The van der Waals surface area contributed by atoms with E-state index in [0.29, 0.717) is 0 Å². The number of hydrogen-bond acceptors (Lipinski definition) is 4. The summed E-state index contributed by atoms with van der Waals surface area (Å²) in [7, 11) is 1.35. The van der Waals surface area contributed by atoms with Crippen LogP contribution in [0.5, 0.6) is 0 Å². The van der Waals surface area contributed by atoms with Gasteiger partial charge in [0.15, 0.2) is 0 Å². The Balaban J connectivity index is 2.86. The average Bonchev–Trinajstić information content (AvgIpc) is 2.36. The van der Waals surface area contributed by atoms with Crippen molar-refractivity contribution in [3.05, 3.63) is 39.9 Å². The van der Waals surface area contributed by atoms with Crippen LogP contribution in [0.25, 0.3) is 0 Å². The molecular formula is C12H15NO4. The van der Waals surface area contributed by atoms with Crippen LogP contribution in [0.2, 0.25) is 0 Å². The topological polar surface area (TPSA) is 69.4 Å². The van der Waals surface area contributed by atoms with Gasteiger partial charge in [0.1, 0.15) is 0 Å². The fourth-order valence-electron chi connectivity index (χ4n) is 1.58. The van der Waals surface area contributed by atoms with Crippen LogP contribution in [0.1, 0.15) is 25.3 Å². The molecule has 0 aliphatic carbocycles. The number of benzene rings is 1. The summed E-state index contributed by atoms with van der Waals surface area (Å²) in [6, 6.07) is 6.22. The Kier molecular flexibility index (Phi) is 4.20. The molecule has 0 aromatic heterocycles. The van der Waals surface area contributed by atoms with Crippen molar-refractivity contribution in [2.45, 2.75) is 19.8 Å². The minimum Gasteiger partial charge on any atom is -0.469 e. The van der Waals surface area contributed by atoms with Crippen molar-refractivity contribution in [3.63, 3.8) is 0 Å². The highest BCUT2D eigenvalue weighted by molar-refractivity contribution is 5.73. The van der Waals surface area contributed by atoms with Gasteiger partial charge < -0.3 is 4.74 Å². The number of ether oxygens (including phenoxy) is 1. The molecule has 5 nitrogen and oxygen atoms in total. The summed E-state index contributed by atoms with van der Waals surface area (Å²) in [5.74, 6) is -0.597. The number of non-ortho nitro benzene ring substituents is 1. The number of carbonyl (C=O) groups is 1. The van der Waals surface area contributed by atoms with Gasteiger partial charge in [0.2, 0.25) is 0 Å². The standard InChI is InChI=1S/C12H15NO4/c1-8(9(2)12(14)17-3)10-4-6-11(7-5-10)13(15)16/h4-9H,1-3H3. The van der Waals surface area contributed by atoms with Crippen LogP contribution in [-0.2, 0) is 9.53 Å². The summed E-state index contributed by atoms with van der Waals surface area (Å²) in [5.41, 5.74) is 0.931. The van der Waals surface area contributed by atoms with Crippen LogP contribution < -0.4 is 0 Å². The molecule has 0 aliphatic rings. The third kappa shape index (κ3) is 3.03. The second kappa shape index (κ2) is 5.43. The van der Waals surface area contributed by atoms with Crippen LogP contribution in [0.15, 0.2) is 24.3 Å². The lowest BCUT2D eigenvalue weighted by molar-refractivity contribution is -0.384. The summed E-state index contributed by atoms with van der Waals surface area (Å²) in [4.78, 5) is 21.4. The first-order valence-corrected chi connectivity index (χ1v) is 5.29. The van der Waals surface area contributed by atoms with Gasteiger partial charge in [-0.3, -0.25) is 14.9 Å². The fourth-order valence-corrected chi connectivity index (χ4v) is 1.58. The van der Waals surface area contributed by atoms with Gasteiger partial charge >= 0.3 is 5.97 Å². The molecule has 0 heterocycles. The minimum atomic E-state index is -0.446. The predicted octanol–water partition coefficient (Wildman–Crippen LogP) is 2.51. The van der Waals surface area contributed by atoms with E-state index in [1.165, 1.54) is 19.2 Å². The maximum absolute atomic E-state index is 11.4. The van der Waals surface area contributed by atoms with Gasteiger partial charge in [0, 0.05) is 12.1 Å². The molecule has 0 saturated heterocycles. The number of nitro groups is 1. The first-order valence-electron chi connectivity index (χ1n) is 5.29. The number of nitrogens with zero attached hydrogens (tertiary/aromatic N) is 1. The second-order valence-electron chi connectivity index (χ2n) is 3.95. The van der Waals surface area contributed by atoms with Gasteiger partial charge in [-0.2, -0.15) is 0 Å². The molecule has 2 atom stereocenters. The van der Waals surface area contributed by atoms with E-state index in [0.717, 1.165) is 5.56 Å². The van der Waals surface area contributed by atoms with Crippen molar-refractivity contribution in [1.29, 1.82) is 0 Å². The third-order valence-corrected chi connectivity index (χ3v) is 2.95. The highest BCUT2D eigenvalue weighted by atomic mass is 16.6. The van der Waals surface area contributed by atoms with Crippen LogP contribution >= 0.6 is 0 Å². The maximum Gasteiger partial charge on any atom is 0.308 e. The number of esters is 1. The lowest BCUT2D eigenvalue weighted by Gasteiger charge is -2.17. The zero-order valence-electron chi connectivity index (χ0n) is 10.0. The van der Waals surface area contributed by atoms with Crippen LogP contribution in [0, 0.1) is 16.0 Å².